The summed E-state index contributed by atoms with van der Waals surface area (Å²) in [5.74, 6) is 0.0857. The first-order valence-corrected chi connectivity index (χ1v) is 53.2. The number of benzene rings is 6. The Kier molecular flexibility index (Phi) is 29.9. The summed E-state index contributed by atoms with van der Waals surface area (Å²) in [6.07, 6.45) is 42.9. The normalized spacial score (nSPS) is 28.3. The first kappa shape index (κ1) is 102. The van der Waals surface area contributed by atoms with Crippen molar-refractivity contribution in [2.45, 2.75) is 326 Å². The zero-order chi connectivity index (χ0) is 101. The van der Waals surface area contributed by atoms with Gasteiger partial charge in [-0.15, -0.1) is 0 Å². The lowest BCUT2D eigenvalue weighted by molar-refractivity contribution is -0.0423. The van der Waals surface area contributed by atoms with Crippen molar-refractivity contribution >= 4 is 11.6 Å². The molecule has 145 heavy (non-hydrogen) atoms. The van der Waals surface area contributed by atoms with Gasteiger partial charge in [-0.2, -0.15) is 0 Å². The Morgan fingerprint density at radius 2 is 0.524 bits per heavy atom. The van der Waals surface area contributed by atoms with E-state index in [2.05, 4.69) is 29.9 Å². The van der Waals surface area contributed by atoms with E-state index in [4.69, 9.17) is 11.6 Å². The molecule has 7 aliphatic carbocycles. The Hall–Kier alpha value is -10.1. The summed E-state index contributed by atoms with van der Waals surface area (Å²) in [5.41, 5.74) is 7.30. The molecule has 7 saturated carbocycles. The van der Waals surface area contributed by atoms with Gasteiger partial charge in [0.1, 0.15) is 63.1 Å². The lowest BCUT2D eigenvalue weighted by atomic mass is 9.74. The summed E-state index contributed by atoms with van der Waals surface area (Å²) in [5, 5.41) is 58.4. The van der Waals surface area contributed by atoms with Crippen LogP contribution in [0.5, 0.6) is 0 Å². The third-order valence-electron chi connectivity index (χ3n) is 35.5. The van der Waals surface area contributed by atoms with Crippen LogP contribution in [-0.2, 0) is 0 Å². The SMILES string of the molecule is OC(CC1c2c(Cl)cccc2-c2cncn21)C1(F)CCCCC1.OC1(C2CCC(F)(CCC3c4c(F)cccc4-c4cncn43)CC2)CC1.OCC1CCC(F)(CCC2c3c(F)cccc3-c3cncn32)CC1.OCC1CCC(F)(CCC2c3c(F)cccc3-c3cncn32)CC1.OCC1CCC(F)(CCC2c3c(F)cccc3-c3cncn32)CC1.OCC1CCC(F)(CCC2c3c(F)cccc3-c3cncn32)CC1. The molecule has 7 atom stereocenters. The summed E-state index contributed by atoms with van der Waals surface area (Å²) in [4.78, 5) is 25.1. The number of hydrogen-bond donors (Lipinski definition) is 6. The minimum atomic E-state index is -1.47. The predicted octanol–water partition coefficient (Wildman–Crippen LogP) is 26.4. The molecule has 0 radical (unpaired) electrons. The van der Waals surface area contributed by atoms with E-state index in [1.165, 1.54) is 30.3 Å². The van der Waals surface area contributed by atoms with E-state index in [-0.39, 0.29) is 121 Å². The number of aliphatic hydroxyl groups excluding tert-OH is 5. The van der Waals surface area contributed by atoms with Gasteiger partial charge < -0.3 is 58.0 Å². The monoisotopic (exact) mass is 2020 g/mol. The lowest BCUT2D eigenvalue weighted by Crippen LogP contribution is -2.41. The van der Waals surface area contributed by atoms with Crippen LogP contribution in [0.3, 0.4) is 0 Å². The molecule has 7 unspecified atom stereocenters. The molecule has 0 spiro atoms. The van der Waals surface area contributed by atoms with Crippen molar-refractivity contribution in [1.82, 2.24) is 57.3 Å². The zero-order valence-corrected chi connectivity index (χ0v) is 82.8. The highest BCUT2D eigenvalue weighted by Crippen LogP contribution is 2.57. The third-order valence-corrected chi connectivity index (χ3v) is 35.8. The number of hydrogen-bond acceptors (Lipinski definition) is 12. The Labute approximate surface area is 844 Å². The van der Waals surface area contributed by atoms with Crippen LogP contribution < -0.4 is 0 Å². The quantitative estimate of drug-likeness (QED) is 0.0329. The molecule has 30 heteroatoms. The average molecular weight is 2020 g/mol. The van der Waals surface area contributed by atoms with E-state index in [1.54, 1.807) is 105 Å². The Balaban J connectivity index is 0.000000106. The fraction of sp³-hybridized carbons (Fsp3) is 0.530. The first-order valence-electron chi connectivity index (χ1n) is 52.8. The number of alkyl halides is 6. The third kappa shape index (κ3) is 20.8. The fourth-order valence-corrected chi connectivity index (χ4v) is 26.8. The zero-order valence-electron chi connectivity index (χ0n) is 82.0. The summed E-state index contributed by atoms with van der Waals surface area (Å²) < 4.78 is 175. The minimum absolute atomic E-state index is 0.149. The Morgan fingerprint density at radius 1 is 0.297 bits per heavy atom. The second-order valence-corrected chi connectivity index (χ2v) is 44.5. The van der Waals surface area contributed by atoms with Gasteiger partial charge >= 0.3 is 0 Å². The van der Waals surface area contributed by atoms with E-state index >= 15 is 26.3 Å². The van der Waals surface area contributed by atoms with Crippen molar-refractivity contribution in [2.24, 2.45) is 29.6 Å². The minimum Gasteiger partial charge on any atom is -0.396 e. The van der Waals surface area contributed by atoms with Crippen LogP contribution in [0, 0.1) is 58.7 Å². The molecule has 0 bridgehead atoms. The molecule has 0 saturated heterocycles. The highest BCUT2D eigenvalue weighted by atomic mass is 35.5. The van der Waals surface area contributed by atoms with E-state index in [0.717, 1.165) is 169 Å². The van der Waals surface area contributed by atoms with Gasteiger partial charge in [0.05, 0.1) is 157 Å². The molecule has 18 nitrogen and oxygen atoms in total. The molecule has 7 fully saturated rings. The molecule has 0 amide bonds. The summed E-state index contributed by atoms with van der Waals surface area (Å²) >= 11 is 6.41. The summed E-state index contributed by atoms with van der Waals surface area (Å²) in [6, 6.07) is 30.2. The van der Waals surface area contributed by atoms with E-state index in [1.807, 2.05) is 75.9 Å². The molecule has 6 N–H and O–H groups in total. The van der Waals surface area contributed by atoms with Crippen LogP contribution in [0.15, 0.2) is 184 Å². The second-order valence-electron chi connectivity index (χ2n) is 44.1. The number of fused-ring (bicyclic) bond motifs is 18. The maximum Gasteiger partial charge on any atom is 0.136 e. The number of nitrogens with zero attached hydrogens (tertiary/aromatic N) is 12. The smallest absolute Gasteiger partial charge is 0.136 e. The van der Waals surface area contributed by atoms with Gasteiger partial charge in [0, 0.05) is 105 Å². The maximum atomic E-state index is 15.4. The first-order chi connectivity index (χ1) is 70.0. The van der Waals surface area contributed by atoms with Crippen LogP contribution in [0.2, 0.25) is 5.02 Å². The molecule has 12 heterocycles. The second kappa shape index (κ2) is 42.5. The summed E-state index contributed by atoms with van der Waals surface area (Å²) in [6.45, 7) is 0.594. The van der Waals surface area contributed by atoms with Gasteiger partial charge in [-0.3, -0.25) is 0 Å². The van der Waals surface area contributed by atoms with Gasteiger partial charge in [0.15, 0.2) is 0 Å². The van der Waals surface area contributed by atoms with Crippen molar-refractivity contribution in [1.29, 1.82) is 0 Å². The topological polar surface area (TPSA) is 228 Å². The number of rotatable bonds is 23. The fourth-order valence-electron chi connectivity index (χ4n) is 26.5. The van der Waals surface area contributed by atoms with Gasteiger partial charge in [-0.05, 0) is 284 Å². The maximum absolute atomic E-state index is 15.4. The van der Waals surface area contributed by atoms with Gasteiger partial charge in [-0.1, -0.05) is 104 Å². The Bertz CT molecular complexity index is 5980. The molecule has 12 aromatic rings. The van der Waals surface area contributed by atoms with Gasteiger partial charge in [0.2, 0.25) is 0 Å². The number of aromatic nitrogens is 12. The molecule has 25 rings (SSSR count). The molecule has 6 aromatic heterocycles. The molecule has 13 aliphatic rings. The number of aliphatic hydroxyl groups is 6. The Morgan fingerprint density at radius 3 is 0.766 bits per heavy atom. The standard InChI is InChI=1S/C21H24F2N2O.4C19H22F2N2O.C18H20ClFN2O/c22-16-3-1-2-15-18-12-24-13-25(18)17(19(15)16)6-9-20(23)7-4-14(5-8-20)21(26)10-11-21;4*20-15-3-1-2-14-17-10-22-12-23(17)16(18(14)15)6-9-19(21)7-4-13(11-24)5-8-19;19-13-6-4-5-12-15-10-21-11-22(15)14(17(12)13)9-16(23)18(20)7-2-1-3-8-18/h1-3,12-14,17,26H,4-11H2;4*1-3,10,12-13,16,24H,4-9,11H2;4-6,10-11,14,16,23H,1-3,7-9H2. The molecule has 6 aliphatic heterocycles. The highest BCUT2D eigenvalue weighted by molar-refractivity contribution is 6.32. The van der Waals surface area contributed by atoms with Gasteiger partial charge in [-0.25, -0.2) is 78.2 Å². The predicted molar refractivity (Wildman–Crippen MR) is 535 cm³/mol. The van der Waals surface area contributed by atoms with Crippen LogP contribution in [0.25, 0.3) is 67.5 Å². The molecular formula is C115H132ClF11N12O6. The van der Waals surface area contributed by atoms with Crippen LogP contribution in [0.4, 0.5) is 48.3 Å². The summed E-state index contributed by atoms with van der Waals surface area (Å²) in [7, 11) is 0. The number of imidazole rings is 6. The van der Waals surface area contributed by atoms with E-state index < -0.39 is 45.7 Å². The van der Waals surface area contributed by atoms with Crippen molar-refractivity contribution < 1.29 is 78.9 Å². The molecular weight excluding hydrogens is 1890 g/mol. The largest absolute Gasteiger partial charge is 0.396 e. The van der Waals surface area contributed by atoms with Crippen molar-refractivity contribution in [3.8, 4) is 67.5 Å². The van der Waals surface area contributed by atoms with Crippen molar-refractivity contribution in [3.05, 3.63) is 252 Å². The molecule has 6 aromatic carbocycles. The van der Waals surface area contributed by atoms with Crippen molar-refractivity contribution in [2.75, 3.05) is 26.4 Å². The lowest BCUT2D eigenvalue weighted by Gasteiger charge is -2.36. The van der Waals surface area contributed by atoms with Crippen LogP contribution in [-0.4, -0.2) is 160 Å². The van der Waals surface area contributed by atoms with Gasteiger partial charge in [0.25, 0.3) is 0 Å². The van der Waals surface area contributed by atoms with Crippen LogP contribution >= 0.6 is 11.6 Å². The molecule has 772 valence electrons. The van der Waals surface area contributed by atoms with Crippen molar-refractivity contribution in [3.63, 3.8) is 0 Å². The number of halogens is 12. The van der Waals surface area contributed by atoms with E-state index in [9.17, 15) is 52.6 Å². The van der Waals surface area contributed by atoms with Crippen LogP contribution in [0.1, 0.15) is 314 Å². The van der Waals surface area contributed by atoms with E-state index in [0.29, 0.717) is 181 Å². The highest BCUT2D eigenvalue weighted by Gasteiger charge is 2.52. The average Bonchev–Trinajstić information content (AvgIpc) is 1.61.